The van der Waals surface area contributed by atoms with Crippen LogP contribution in [0.4, 0.5) is 4.39 Å². The number of benzene rings is 1. The quantitative estimate of drug-likeness (QED) is 0.626. The highest BCUT2D eigenvalue weighted by Crippen LogP contribution is 2.23. The molecule has 0 atom stereocenters. The van der Waals surface area contributed by atoms with Gasteiger partial charge in [0.1, 0.15) is 5.82 Å². The predicted octanol–water partition coefficient (Wildman–Crippen LogP) is 3.54. The third-order valence-corrected chi connectivity index (χ3v) is 3.68. The summed E-state index contributed by atoms with van der Waals surface area (Å²) in [6.07, 6.45) is 1.67. The number of cyclic esters (lactones) is 1. The van der Waals surface area contributed by atoms with Gasteiger partial charge in [-0.2, -0.15) is 0 Å². The standard InChI is InChI=1S/C15H10FNO2S/c1-9-5-6-12(20-9)8-13-15(18)19-14(17-13)10-3-2-4-11(16)7-10/h2-8H,1H3/b13-8-. The second-order valence-electron chi connectivity index (χ2n) is 4.29. The van der Waals surface area contributed by atoms with E-state index in [1.807, 2.05) is 19.1 Å². The second-order valence-corrected chi connectivity index (χ2v) is 5.61. The number of nitrogens with zero attached hydrogens (tertiary/aromatic N) is 1. The van der Waals surface area contributed by atoms with Gasteiger partial charge in [0.15, 0.2) is 5.70 Å². The first-order chi connectivity index (χ1) is 9.61. The molecule has 0 aliphatic carbocycles. The van der Waals surface area contributed by atoms with Crippen molar-refractivity contribution < 1.29 is 13.9 Å². The lowest BCUT2D eigenvalue weighted by molar-refractivity contribution is -0.129. The molecule has 0 saturated heterocycles. The zero-order valence-corrected chi connectivity index (χ0v) is 11.4. The molecule has 0 amide bonds. The molecule has 0 fully saturated rings. The summed E-state index contributed by atoms with van der Waals surface area (Å²) in [6, 6.07) is 9.68. The fourth-order valence-corrected chi connectivity index (χ4v) is 2.63. The summed E-state index contributed by atoms with van der Waals surface area (Å²) in [5.41, 5.74) is 0.676. The number of carbonyl (C=O) groups is 1. The van der Waals surface area contributed by atoms with Gasteiger partial charge in [0.25, 0.3) is 0 Å². The van der Waals surface area contributed by atoms with Crippen molar-refractivity contribution in [2.24, 2.45) is 4.99 Å². The van der Waals surface area contributed by atoms with E-state index in [1.54, 1.807) is 29.5 Å². The Labute approximate surface area is 119 Å². The molecule has 1 aliphatic heterocycles. The van der Waals surface area contributed by atoms with E-state index in [4.69, 9.17) is 4.74 Å². The number of esters is 1. The zero-order chi connectivity index (χ0) is 14.1. The van der Waals surface area contributed by atoms with E-state index in [9.17, 15) is 9.18 Å². The normalized spacial score (nSPS) is 16.4. The van der Waals surface area contributed by atoms with Gasteiger partial charge in [-0.15, -0.1) is 11.3 Å². The molecular weight excluding hydrogens is 277 g/mol. The van der Waals surface area contributed by atoms with Crippen LogP contribution >= 0.6 is 11.3 Å². The average Bonchev–Trinajstić information content (AvgIpc) is 2.97. The van der Waals surface area contributed by atoms with Crippen molar-refractivity contribution in [1.29, 1.82) is 0 Å². The fourth-order valence-electron chi connectivity index (χ4n) is 1.82. The third kappa shape index (κ3) is 2.53. The van der Waals surface area contributed by atoms with Gasteiger partial charge in [0.05, 0.1) is 0 Å². The van der Waals surface area contributed by atoms with E-state index < -0.39 is 11.8 Å². The Morgan fingerprint density at radius 3 is 2.85 bits per heavy atom. The Morgan fingerprint density at radius 1 is 1.30 bits per heavy atom. The molecular formula is C15H10FNO2S. The summed E-state index contributed by atoms with van der Waals surface area (Å²) in [4.78, 5) is 18.0. The maximum atomic E-state index is 13.2. The van der Waals surface area contributed by atoms with Gasteiger partial charge in [0, 0.05) is 15.3 Å². The van der Waals surface area contributed by atoms with Gasteiger partial charge >= 0.3 is 5.97 Å². The maximum absolute atomic E-state index is 13.2. The largest absolute Gasteiger partial charge is 0.402 e. The third-order valence-electron chi connectivity index (χ3n) is 2.73. The van der Waals surface area contributed by atoms with Crippen LogP contribution in [0.3, 0.4) is 0 Å². The number of aliphatic imine (C=N–C) groups is 1. The minimum Gasteiger partial charge on any atom is -0.402 e. The molecule has 100 valence electrons. The van der Waals surface area contributed by atoms with E-state index in [0.29, 0.717) is 5.56 Å². The molecule has 3 rings (SSSR count). The second kappa shape index (κ2) is 5.02. The van der Waals surface area contributed by atoms with Crippen molar-refractivity contribution in [3.05, 3.63) is 63.2 Å². The topological polar surface area (TPSA) is 38.7 Å². The number of ether oxygens (including phenoxy) is 1. The summed E-state index contributed by atoms with van der Waals surface area (Å²) in [5, 5.41) is 0. The van der Waals surface area contributed by atoms with Crippen molar-refractivity contribution >= 4 is 29.3 Å². The SMILES string of the molecule is Cc1ccc(/C=C2\N=C(c3cccc(F)c3)OC2=O)s1. The van der Waals surface area contributed by atoms with E-state index in [0.717, 1.165) is 9.75 Å². The van der Waals surface area contributed by atoms with Crippen LogP contribution in [-0.2, 0) is 9.53 Å². The Balaban J connectivity index is 1.94. The molecule has 20 heavy (non-hydrogen) atoms. The van der Waals surface area contributed by atoms with Crippen molar-refractivity contribution in [1.82, 2.24) is 0 Å². The van der Waals surface area contributed by atoms with Gasteiger partial charge < -0.3 is 4.74 Å². The summed E-state index contributed by atoms with van der Waals surface area (Å²) < 4.78 is 18.2. The molecule has 0 saturated carbocycles. The van der Waals surface area contributed by atoms with Crippen LogP contribution in [0.15, 0.2) is 47.1 Å². The highest BCUT2D eigenvalue weighted by Gasteiger charge is 2.24. The summed E-state index contributed by atoms with van der Waals surface area (Å²) in [7, 11) is 0. The maximum Gasteiger partial charge on any atom is 0.363 e. The number of aryl methyl sites for hydroxylation is 1. The monoisotopic (exact) mass is 287 g/mol. The zero-order valence-electron chi connectivity index (χ0n) is 10.6. The van der Waals surface area contributed by atoms with Crippen LogP contribution in [0.1, 0.15) is 15.3 Å². The number of carbonyl (C=O) groups excluding carboxylic acids is 1. The van der Waals surface area contributed by atoms with E-state index in [-0.39, 0.29) is 11.6 Å². The highest BCUT2D eigenvalue weighted by molar-refractivity contribution is 7.12. The molecule has 5 heteroatoms. The number of thiophene rings is 1. The van der Waals surface area contributed by atoms with Crippen molar-refractivity contribution in [2.75, 3.05) is 0 Å². The number of halogens is 1. The molecule has 3 nitrogen and oxygen atoms in total. The molecule has 0 bridgehead atoms. The fraction of sp³-hybridized carbons (Fsp3) is 0.0667. The number of rotatable bonds is 2. The summed E-state index contributed by atoms with van der Waals surface area (Å²) in [6.45, 7) is 1.99. The Morgan fingerprint density at radius 2 is 2.15 bits per heavy atom. The minimum atomic E-state index is -0.518. The first-order valence-electron chi connectivity index (χ1n) is 5.97. The van der Waals surface area contributed by atoms with E-state index in [2.05, 4.69) is 4.99 Å². The van der Waals surface area contributed by atoms with Crippen molar-refractivity contribution in [2.45, 2.75) is 6.92 Å². The Hall–Kier alpha value is -2.27. The molecule has 0 radical (unpaired) electrons. The van der Waals surface area contributed by atoms with Crippen LogP contribution < -0.4 is 0 Å². The van der Waals surface area contributed by atoms with Crippen LogP contribution in [0.5, 0.6) is 0 Å². The number of hydrogen-bond acceptors (Lipinski definition) is 4. The van der Waals surface area contributed by atoms with Gasteiger partial charge in [0.2, 0.25) is 5.90 Å². The molecule has 1 aliphatic rings. The van der Waals surface area contributed by atoms with E-state index >= 15 is 0 Å². The molecule has 2 aromatic rings. The number of hydrogen-bond donors (Lipinski definition) is 0. The lowest BCUT2D eigenvalue weighted by Crippen LogP contribution is -2.05. The van der Waals surface area contributed by atoms with Gasteiger partial charge in [-0.25, -0.2) is 14.2 Å². The van der Waals surface area contributed by atoms with Crippen molar-refractivity contribution in [3.8, 4) is 0 Å². The minimum absolute atomic E-state index is 0.133. The van der Waals surface area contributed by atoms with Gasteiger partial charge in [-0.1, -0.05) is 6.07 Å². The Kier molecular flexibility index (Phi) is 3.20. The lowest BCUT2D eigenvalue weighted by Gasteiger charge is -1.98. The molecule has 0 N–H and O–H groups in total. The van der Waals surface area contributed by atoms with Crippen LogP contribution in [0.2, 0.25) is 0 Å². The van der Waals surface area contributed by atoms with Gasteiger partial charge in [-0.05, 0) is 43.3 Å². The predicted molar refractivity (Wildman–Crippen MR) is 76.1 cm³/mol. The van der Waals surface area contributed by atoms with Crippen molar-refractivity contribution in [3.63, 3.8) is 0 Å². The smallest absolute Gasteiger partial charge is 0.363 e. The molecule has 1 aromatic carbocycles. The first kappa shape index (κ1) is 12.7. The first-order valence-corrected chi connectivity index (χ1v) is 6.78. The highest BCUT2D eigenvalue weighted by atomic mass is 32.1. The lowest BCUT2D eigenvalue weighted by atomic mass is 10.2. The molecule has 1 aromatic heterocycles. The Bertz CT molecular complexity index is 746. The van der Waals surface area contributed by atoms with Gasteiger partial charge in [-0.3, -0.25) is 0 Å². The average molecular weight is 287 g/mol. The molecule has 0 spiro atoms. The summed E-state index contributed by atoms with van der Waals surface area (Å²) >= 11 is 1.56. The molecule has 0 unspecified atom stereocenters. The molecule has 2 heterocycles. The van der Waals surface area contributed by atoms with Crippen LogP contribution in [0.25, 0.3) is 6.08 Å². The van der Waals surface area contributed by atoms with Crippen LogP contribution in [-0.4, -0.2) is 11.9 Å². The summed E-state index contributed by atoms with van der Waals surface area (Å²) in [5.74, 6) is -0.781. The van der Waals surface area contributed by atoms with Crippen LogP contribution in [0, 0.1) is 12.7 Å². The van der Waals surface area contributed by atoms with E-state index in [1.165, 1.54) is 12.1 Å².